The Kier molecular flexibility index (Phi) is 4.05. The number of nitrogens with one attached hydrogen (secondary N) is 1. The number of rotatable bonds is 4. The summed E-state index contributed by atoms with van der Waals surface area (Å²) in [5, 5.41) is 14.7. The molecule has 1 aromatic carbocycles. The molecule has 3 rings (SSSR count). The summed E-state index contributed by atoms with van der Waals surface area (Å²) in [6.07, 6.45) is 4.50. The Morgan fingerprint density at radius 2 is 2.00 bits per heavy atom. The third-order valence-corrected chi connectivity index (χ3v) is 5.07. The van der Waals surface area contributed by atoms with Crippen molar-refractivity contribution in [3.8, 4) is 0 Å². The number of aliphatic hydroxyl groups excluding tert-OH is 1. The molecule has 2 N–H and O–H groups in total. The van der Waals surface area contributed by atoms with Crippen LogP contribution in [0.1, 0.15) is 43.9 Å². The molecular weight excluding hydrogens is 262 g/mol. The Bertz CT molecular complexity index is 609. The highest BCUT2D eigenvalue weighted by molar-refractivity contribution is 5.82. The molecule has 1 heterocycles. The minimum absolute atomic E-state index is 0.114. The van der Waals surface area contributed by atoms with Crippen molar-refractivity contribution in [3.05, 3.63) is 35.6 Å². The first-order chi connectivity index (χ1) is 10.1. The largest absolute Gasteiger partial charge is 0.461 e. The molecular formula is C18H25NO2. The predicted octanol–water partition coefficient (Wildman–Crippen LogP) is 3.77. The lowest BCUT2D eigenvalue weighted by atomic mass is 9.77. The first-order valence-corrected chi connectivity index (χ1v) is 7.96. The zero-order valence-corrected chi connectivity index (χ0v) is 13.0. The van der Waals surface area contributed by atoms with E-state index in [1.165, 1.54) is 23.8 Å². The van der Waals surface area contributed by atoms with Gasteiger partial charge in [-0.25, -0.2) is 0 Å². The number of aryl methyl sites for hydroxylation is 1. The lowest BCUT2D eigenvalue weighted by Crippen LogP contribution is -2.50. The Morgan fingerprint density at radius 3 is 2.71 bits per heavy atom. The molecule has 0 unspecified atom stereocenters. The molecule has 1 fully saturated rings. The molecule has 21 heavy (non-hydrogen) atoms. The van der Waals surface area contributed by atoms with Gasteiger partial charge >= 0.3 is 0 Å². The van der Waals surface area contributed by atoms with Crippen LogP contribution in [0.2, 0.25) is 0 Å². The summed E-state index contributed by atoms with van der Waals surface area (Å²) in [7, 11) is 0. The van der Waals surface area contributed by atoms with Gasteiger partial charge in [0.1, 0.15) is 11.3 Å². The number of benzene rings is 1. The summed E-state index contributed by atoms with van der Waals surface area (Å²) in [6, 6.07) is 8.17. The normalized spacial score (nSPS) is 26.3. The number of hydrogen-bond donors (Lipinski definition) is 2. The molecule has 0 saturated heterocycles. The van der Waals surface area contributed by atoms with Crippen molar-refractivity contribution < 1.29 is 9.52 Å². The molecule has 1 aliphatic carbocycles. The van der Waals surface area contributed by atoms with Gasteiger partial charge in [0.25, 0.3) is 0 Å². The van der Waals surface area contributed by atoms with Crippen LogP contribution < -0.4 is 5.32 Å². The van der Waals surface area contributed by atoms with E-state index in [4.69, 9.17) is 4.42 Å². The van der Waals surface area contributed by atoms with E-state index in [1.807, 2.05) is 25.1 Å². The first-order valence-electron chi connectivity index (χ1n) is 7.96. The van der Waals surface area contributed by atoms with Gasteiger partial charge in [-0.15, -0.1) is 0 Å². The van der Waals surface area contributed by atoms with Gasteiger partial charge in [-0.05, 0) is 44.6 Å². The molecule has 3 nitrogen and oxygen atoms in total. The number of furan rings is 1. The van der Waals surface area contributed by atoms with Crippen LogP contribution in [-0.4, -0.2) is 17.3 Å². The van der Waals surface area contributed by atoms with Crippen LogP contribution >= 0.6 is 0 Å². The lowest BCUT2D eigenvalue weighted by Gasteiger charge is -2.39. The average molecular weight is 287 g/mol. The van der Waals surface area contributed by atoms with Crippen molar-refractivity contribution in [3.63, 3.8) is 0 Å². The van der Waals surface area contributed by atoms with E-state index in [0.717, 1.165) is 36.6 Å². The maximum absolute atomic E-state index is 9.85. The SMILES string of the molecule is Cc1oc2ccccc2c1CNC1(CO)CCC(C)CC1. The maximum Gasteiger partial charge on any atom is 0.134 e. The Labute approximate surface area is 126 Å². The Hall–Kier alpha value is -1.32. The second kappa shape index (κ2) is 5.82. The molecule has 0 bridgehead atoms. The zero-order valence-electron chi connectivity index (χ0n) is 13.0. The average Bonchev–Trinajstić information content (AvgIpc) is 2.83. The summed E-state index contributed by atoms with van der Waals surface area (Å²) < 4.78 is 5.82. The summed E-state index contributed by atoms with van der Waals surface area (Å²) in [4.78, 5) is 0. The fourth-order valence-corrected chi connectivity index (χ4v) is 3.42. The van der Waals surface area contributed by atoms with Crippen LogP contribution in [0.3, 0.4) is 0 Å². The Morgan fingerprint density at radius 1 is 1.29 bits per heavy atom. The minimum atomic E-state index is -0.114. The highest BCUT2D eigenvalue weighted by Gasteiger charge is 2.33. The zero-order chi connectivity index (χ0) is 14.9. The minimum Gasteiger partial charge on any atom is -0.461 e. The van der Waals surface area contributed by atoms with Gasteiger partial charge in [0, 0.05) is 23.0 Å². The van der Waals surface area contributed by atoms with E-state index in [1.54, 1.807) is 0 Å². The number of aliphatic hydroxyl groups is 1. The van der Waals surface area contributed by atoms with Gasteiger partial charge < -0.3 is 14.8 Å². The number of hydrogen-bond acceptors (Lipinski definition) is 3. The van der Waals surface area contributed by atoms with Gasteiger partial charge in [0.05, 0.1) is 6.61 Å². The van der Waals surface area contributed by atoms with E-state index in [2.05, 4.69) is 18.3 Å². The summed E-state index contributed by atoms with van der Waals surface area (Å²) in [5.41, 5.74) is 2.05. The highest BCUT2D eigenvalue weighted by Crippen LogP contribution is 2.33. The van der Waals surface area contributed by atoms with E-state index >= 15 is 0 Å². The van der Waals surface area contributed by atoms with E-state index < -0.39 is 0 Å². The third kappa shape index (κ3) is 2.85. The van der Waals surface area contributed by atoms with E-state index in [9.17, 15) is 5.11 Å². The van der Waals surface area contributed by atoms with E-state index in [0.29, 0.717) is 0 Å². The van der Waals surface area contributed by atoms with Crippen molar-refractivity contribution >= 4 is 11.0 Å². The first kappa shape index (κ1) is 14.6. The topological polar surface area (TPSA) is 45.4 Å². The van der Waals surface area contributed by atoms with Crippen LogP contribution in [0.5, 0.6) is 0 Å². The molecule has 0 aliphatic heterocycles. The lowest BCUT2D eigenvalue weighted by molar-refractivity contribution is 0.104. The Balaban J connectivity index is 1.78. The van der Waals surface area contributed by atoms with Crippen LogP contribution in [0, 0.1) is 12.8 Å². The molecule has 0 spiro atoms. The molecule has 114 valence electrons. The molecule has 1 aliphatic rings. The van der Waals surface area contributed by atoms with Gasteiger partial charge in [0.15, 0.2) is 0 Å². The van der Waals surface area contributed by atoms with Crippen molar-refractivity contribution in [2.24, 2.45) is 5.92 Å². The molecule has 0 radical (unpaired) electrons. The summed E-state index contributed by atoms with van der Waals surface area (Å²) >= 11 is 0. The predicted molar refractivity (Wildman–Crippen MR) is 85.2 cm³/mol. The number of fused-ring (bicyclic) bond motifs is 1. The van der Waals surface area contributed by atoms with Gasteiger partial charge in [-0.1, -0.05) is 25.1 Å². The standard InChI is InChI=1S/C18H25NO2/c1-13-7-9-18(12-20,10-8-13)19-11-16-14(2)21-17-6-4-3-5-15(16)17/h3-6,13,19-20H,7-12H2,1-2H3. The quantitative estimate of drug-likeness (QED) is 0.899. The number of para-hydroxylation sites is 1. The summed E-state index contributed by atoms with van der Waals surface area (Å²) in [5.74, 6) is 1.75. The fourth-order valence-electron chi connectivity index (χ4n) is 3.42. The molecule has 3 heteroatoms. The molecule has 1 aromatic heterocycles. The van der Waals surface area contributed by atoms with Crippen molar-refractivity contribution in [1.29, 1.82) is 0 Å². The molecule has 1 saturated carbocycles. The maximum atomic E-state index is 9.85. The molecule has 2 aromatic rings. The fraction of sp³-hybridized carbons (Fsp3) is 0.556. The highest BCUT2D eigenvalue weighted by atomic mass is 16.3. The van der Waals surface area contributed by atoms with Crippen LogP contribution in [0.4, 0.5) is 0 Å². The van der Waals surface area contributed by atoms with E-state index in [-0.39, 0.29) is 12.1 Å². The second-order valence-corrected chi connectivity index (χ2v) is 6.61. The van der Waals surface area contributed by atoms with Crippen LogP contribution in [0.15, 0.2) is 28.7 Å². The van der Waals surface area contributed by atoms with Crippen molar-refractivity contribution in [2.75, 3.05) is 6.61 Å². The van der Waals surface area contributed by atoms with Gasteiger partial charge in [-0.2, -0.15) is 0 Å². The smallest absolute Gasteiger partial charge is 0.134 e. The summed E-state index contributed by atoms with van der Waals surface area (Å²) in [6.45, 7) is 5.30. The van der Waals surface area contributed by atoms with Crippen LogP contribution in [-0.2, 0) is 6.54 Å². The van der Waals surface area contributed by atoms with Gasteiger partial charge in [-0.3, -0.25) is 0 Å². The van der Waals surface area contributed by atoms with Crippen molar-refractivity contribution in [1.82, 2.24) is 5.32 Å². The second-order valence-electron chi connectivity index (χ2n) is 6.61. The molecule has 0 atom stereocenters. The van der Waals surface area contributed by atoms with Gasteiger partial charge in [0.2, 0.25) is 0 Å². The molecule has 0 amide bonds. The van der Waals surface area contributed by atoms with Crippen molar-refractivity contribution in [2.45, 2.75) is 51.6 Å². The third-order valence-electron chi connectivity index (χ3n) is 5.07. The monoisotopic (exact) mass is 287 g/mol. The van der Waals surface area contributed by atoms with Crippen LogP contribution in [0.25, 0.3) is 11.0 Å².